The number of anilines is 2. The maximum Gasteiger partial charge on any atom is 0.164 e. The van der Waals surface area contributed by atoms with Crippen LogP contribution in [-0.2, 0) is 0 Å². The van der Waals surface area contributed by atoms with E-state index in [2.05, 4.69) is 25.5 Å². The van der Waals surface area contributed by atoms with Crippen molar-refractivity contribution in [1.29, 1.82) is 0 Å². The van der Waals surface area contributed by atoms with Crippen LogP contribution in [0.4, 0.5) is 16.0 Å². The van der Waals surface area contributed by atoms with Crippen molar-refractivity contribution in [1.82, 2.24) is 20.2 Å². The van der Waals surface area contributed by atoms with Crippen LogP contribution in [0, 0.1) is 12.7 Å². The molecular formula is C19H15ClFN5O. The molecule has 4 rings (SSSR count). The second-order valence-corrected chi connectivity index (χ2v) is 6.49. The van der Waals surface area contributed by atoms with Crippen LogP contribution in [0.3, 0.4) is 0 Å². The predicted octanol–water partition coefficient (Wildman–Crippen LogP) is 4.28. The van der Waals surface area contributed by atoms with Gasteiger partial charge in [-0.2, -0.15) is 5.10 Å². The first-order chi connectivity index (χ1) is 13.0. The number of rotatable bonds is 4. The zero-order chi connectivity index (χ0) is 19.0. The van der Waals surface area contributed by atoms with Crippen LogP contribution >= 0.6 is 11.6 Å². The number of halogens is 2. The van der Waals surface area contributed by atoms with Gasteiger partial charge in [-0.15, -0.1) is 0 Å². The van der Waals surface area contributed by atoms with Crippen molar-refractivity contribution >= 4 is 34.1 Å². The summed E-state index contributed by atoms with van der Waals surface area (Å²) in [6, 6.07) is 13.3. The topological polar surface area (TPSA) is 86.7 Å². The third-order valence-electron chi connectivity index (χ3n) is 4.08. The lowest BCUT2D eigenvalue weighted by molar-refractivity contribution is 0.210. The van der Waals surface area contributed by atoms with Crippen LogP contribution in [0.1, 0.15) is 23.2 Å². The lowest BCUT2D eigenvalue weighted by Crippen LogP contribution is -2.08. The second-order valence-electron chi connectivity index (χ2n) is 6.08. The minimum absolute atomic E-state index is 0.0716. The third kappa shape index (κ3) is 3.47. The maximum absolute atomic E-state index is 13.4. The largest absolute Gasteiger partial charge is 0.380 e. The summed E-state index contributed by atoms with van der Waals surface area (Å²) < 4.78 is 13.4. The zero-order valence-corrected chi connectivity index (χ0v) is 15.0. The number of hydrogen-bond acceptors (Lipinski definition) is 5. The first-order valence-corrected chi connectivity index (χ1v) is 8.58. The SMILES string of the molecule is Cc1cc(Nc2nc(C(O)c3ccc(F)c(Cl)c3)nc3ccccc23)n[nH]1. The molecule has 4 aromatic rings. The molecule has 0 bridgehead atoms. The Morgan fingerprint density at radius 2 is 1.96 bits per heavy atom. The number of fused-ring (bicyclic) bond motifs is 1. The Hall–Kier alpha value is -3.03. The Bertz CT molecular complexity index is 1130. The molecule has 0 aliphatic heterocycles. The van der Waals surface area contributed by atoms with Crippen molar-refractivity contribution in [2.45, 2.75) is 13.0 Å². The van der Waals surface area contributed by atoms with Crippen LogP contribution < -0.4 is 5.32 Å². The monoisotopic (exact) mass is 383 g/mol. The molecule has 0 amide bonds. The van der Waals surface area contributed by atoms with E-state index in [1.807, 2.05) is 37.3 Å². The highest BCUT2D eigenvalue weighted by Gasteiger charge is 2.18. The number of nitrogens with zero attached hydrogens (tertiary/aromatic N) is 3. The van der Waals surface area contributed by atoms with Crippen molar-refractivity contribution < 1.29 is 9.50 Å². The van der Waals surface area contributed by atoms with Gasteiger partial charge in [0.1, 0.15) is 17.7 Å². The molecule has 2 heterocycles. The van der Waals surface area contributed by atoms with Gasteiger partial charge in [0.05, 0.1) is 10.5 Å². The number of hydrogen-bond donors (Lipinski definition) is 3. The van der Waals surface area contributed by atoms with E-state index in [-0.39, 0.29) is 10.8 Å². The Labute approximate surface area is 159 Å². The van der Waals surface area contributed by atoms with Crippen molar-refractivity contribution in [3.63, 3.8) is 0 Å². The molecule has 8 heteroatoms. The van der Waals surface area contributed by atoms with E-state index in [1.165, 1.54) is 18.2 Å². The summed E-state index contributed by atoms with van der Waals surface area (Å²) in [5.41, 5.74) is 1.96. The number of para-hydroxylation sites is 1. The van der Waals surface area contributed by atoms with Crippen molar-refractivity contribution in [2.75, 3.05) is 5.32 Å². The van der Waals surface area contributed by atoms with Gasteiger partial charge in [-0.25, -0.2) is 14.4 Å². The molecule has 1 unspecified atom stereocenters. The number of aliphatic hydroxyl groups excluding tert-OH is 1. The van der Waals surface area contributed by atoms with Gasteiger partial charge in [0.2, 0.25) is 0 Å². The zero-order valence-electron chi connectivity index (χ0n) is 14.2. The van der Waals surface area contributed by atoms with Gasteiger partial charge in [0, 0.05) is 17.1 Å². The Morgan fingerprint density at radius 3 is 2.70 bits per heavy atom. The number of aliphatic hydroxyl groups is 1. The number of H-pyrrole nitrogens is 1. The molecule has 2 aromatic heterocycles. The van der Waals surface area contributed by atoms with E-state index in [9.17, 15) is 9.50 Å². The Kier molecular flexibility index (Phi) is 4.47. The number of nitrogens with one attached hydrogen (secondary N) is 2. The lowest BCUT2D eigenvalue weighted by Gasteiger charge is -2.14. The first kappa shape index (κ1) is 17.4. The molecular weight excluding hydrogens is 369 g/mol. The third-order valence-corrected chi connectivity index (χ3v) is 4.37. The van der Waals surface area contributed by atoms with E-state index >= 15 is 0 Å². The standard InChI is InChI=1S/C19H15ClFN5O/c1-10-8-16(26-25-10)23-18-12-4-2-3-5-15(12)22-19(24-18)17(27)11-6-7-14(21)13(20)9-11/h2-9,17,27H,1H3,(H2,22,23,24,25,26). The minimum atomic E-state index is -1.16. The van der Waals surface area contributed by atoms with E-state index in [0.29, 0.717) is 22.7 Å². The number of aromatic amines is 1. The summed E-state index contributed by atoms with van der Waals surface area (Å²) in [5.74, 6) is 0.727. The first-order valence-electron chi connectivity index (χ1n) is 8.20. The second kappa shape index (κ2) is 6.94. The fourth-order valence-corrected chi connectivity index (χ4v) is 2.94. The highest BCUT2D eigenvalue weighted by molar-refractivity contribution is 6.30. The summed E-state index contributed by atoms with van der Waals surface area (Å²) in [5, 5.41) is 21.6. The van der Waals surface area contributed by atoms with Crippen molar-refractivity contribution in [3.05, 3.63) is 76.5 Å². The fourth-order valence-electron chi connectivity index (χ4n) is 2.75. The fraction of sp³-hybridized carbons (Fsp3) is 0.105. The highest BCUT2D eigenvalue weighted by atomic mass is 35.5. The van der Waals surface area contributed by atoms with Crippen LogP contribution in [0.25, 0.3) is 10.9 Å². The van der Waals surface area contributed by atoms with Gasteiger partial charge >= 0.3 is 0 Å². The molecule has 6 nitrogen and oxygen atoms in total. The predicted molar refractivity (Wildman–Crippen MR) is 102 cm³/mol. The minimum Gasteiger partial charge on any atom is -0.380 e. The molecule has 2 aromatic carbocycles. The summed E-state index contributed by atoms with van der Waals surface area (Å²) in [6.07, 6.45) is -1.16. The van der Waals surface area contributed by atoms with E-state index in [1.54, 1.807) is 0 Å². The van der Waals surface area contributed by atoms with Gasteiger partial charge < -0.3 is 10.4 Å². The summed E-state index contributed by atoms with van der Waals surface area (Å²) in [6.45, 7) is 1.89. The van der Waals surface area contributed by atoms with Gasteiger partial charge in [-0.1, -0.05) is 29.8 Å². The number of aromatic nitrogens is 4. The molecule has 1 atom stereocenters. The average molecular weight is 384 g/mol. The van der Waals surface area contributed by atoms with E-state index in [0.717, 1.165) is 11.1 Å². The molecule has 3 N–H and O–H groups in total. The summed E-state index contributed by atoms with van der Waals surface area (Å²) >= 11 is 5.83. The average Bonchev–Trinajstić information content (AvgIpc) is 3.08. The maximum atomic E-state index is 13.4. The summed E-state index contributed by atoms with van der Waals surface area (Å²) in [7, 11) is 0. The van der Waals surface area contributed by atoms with Crippen molar-refractivity contribution in [3.8, 4) is 0 Å². The molecule has 0 aliphatic rings. The van der Waals surface area contributed by atoms with Crippen LogP contribution in [0.2, 0.25) is 5.02 Å². The van der Waals surface area contributed by atoms with E-state index < -0.39 is 11.9 Å². The molecule has 0 saturated heterocycles. The summed E-state index contributed by atoms with van der Waals surface area (Å²) in [4.78, 5) is 8.92. The van der Waals surface area contributed by atoms with Gasteiger partial charge in [-0.3, -0.25) is 5.10 Å². The molecule has 0 saturated carbocycles. The van der Waals surface area contributed by atoms with Crippen LogP contribution in [0.5, 0.6) is 0 Å². The molecule has 0 aliphatic carbocycles. The van der Waals surface area contributed by atoms with Crippen LogP contribution in [0.15, 0.2) is 48.5 Å². The van der Waals surface area contributed by atoms with Gasteiger partial charge in [0.15, 0.2) is 11.6 Å². The smallest absolute Gasteiger partial charge is 0.164 e. The molecule has 27 heavy (non-hydrogen) atoms. The lowest BCUT2D eigenvalue weighted by atomic mass is 10.1. The van der Waals surface area contributed by atoms with E-state index in [4.69, 9.17) is 11.6 Å². The van der Waals surface area contributed by atoms with Crippen LogP contribution in [-0.4, -0.2) is 25.3 Å². The quantitative estimate of drug-likeness (QED) is 0.489. The normalized spacial score (nSPS) is 12.3. The highest BCUT2D eigenvalue weighted by Crippen LogP contribution is 2.28. The number of benzene rings is 2. The molecule has 0 radical (unpaired) electrons. The van der Waals surface area contributed by atoms with Gasteiger partial charge in [-0.05, 0) is 36.8 Å². The Morgan fingerprint density at radius 1 is 1.15 bits per heavy atom. The molecule has 136 valence electrons. The molecule has 0 fully saturated rings. The van der Waals surface area contributed by atoms with Gasteiger partial charge in [0.25, 0.3) is 0 Å². The Balaban J connectivity index is 1.79. The van der Waals surface area contributed by atoms with Crippen molar-refractivity contribution in [2.24, 2.45) is 0 Å². The number of aryl methyl sites for hydroxylation is 1. The molecule has 0 spiro atoms.